The zero-order valence-corrected chi connectivity index (χ0v) is 33.8. The fraction of sp³-hybridized carbons (Fsp3) is 0.585. The second-order valence-electron chi connectivity index (χ2n) is 15.9. The van der Waals surface area contributed by atoms with Crippen molar-refractivity contribution in [1.82, 2.24) is 25.8 Å². The molecule has 0 saturated carbocycles. The van der Waals surface area contributed by atoms with Gasteiger partial charge in [0.05, 0.1) is 18.3 Å². The largest absolute Gasteiger partial charge is 0.483 e. The zero-order chi connectivity index (χ0) is 39.5. The quantitative estimate of drug-likeness (QED) is 0.213. The number of nitrogens with one attached hydrogen (secondary N) is 3. The third-order valence-corrected chi connectivity index (χ3v) is 11.0. The van der Waals surface area contributed by atoms with E-state index in [2.05, 4.69) is 20.9 Å². The van der Waals surface area contributed by atoms with Gasteiger partial charge in [-0.3, -0.25) is 24.0 Å². The summed E-state index contributed by atoms with van der Waals surface area (Å²) < 4.78 is 11.3. The second kappa shape index (κ2) is 19.5. The van der Waals surface area contributed by atoms with Gasteiger partial charge in [-0.25, -0.2) is 0 Å². The van der Waals surface area contributed by atoms with E-state index >= 15 is 0 Å². The smallest absolute Gasteiger partial charge is 0.307 e. The summed E-state index contributed by atoms with van der Waals surface area (Å²) in [4.78, 5) is 72.2. The van der Waals surface area contributed by atoms with E-state index in [0.717, 1.165) is 49.2 Å². The Balaban J connectivity index is 1.57. The minimum atomic E-state index is -1.51. The Morgan fingerprint density at radius 2 is 1.57 bits per heavy atom. The molecule has 4 rings (SSSR count). The van der Waals surface area contributed by atoms with Crippen molar-refractivity contribution in [3.8, 4) is 5.75 Å². The Morgan fingerprint density at radius 1 is 0.907 bits per heavy atom. The number of carbonyl (C=O) groups is 5. The summed E-state index contributed by atoms with van der Waals surface area (Å²) >= 11 is 1.44. The molecule has 2 saturated heterocycles. The molecule has 2 heterocycles. The van der Waals surface area contributed by atoms with Crippen LogP contribution in [0.2, 0.25) is 0 Å². The number of hydrogen-bond acceptors (Lipinski definition) is 9. The third kappa shape index (κ3) is 12.8. The van der Waals surface area contributed by atoms with Crippen LogP contribution in [0.15, 0.2) is 48.5 Å². The van der Waals surface area contributed by atoms with Crippen molar-refractivity contribution in [2.75, 3.05) is 38.7 Å². The molecule has 2 fully saturated rings. The molecule has 0 aromatic heterocycles. The highest BCUT2D eigenvalue weighted by Crippen LogP contribution is 2.40. The Labute approximate surface area is 324 Å². The molecule has 0 bridgehead atoms. The number of aryl methyl sites for hydroxylation is 2. The second-order valence-corrected chi connectivity index (χ2v) is 17.5. The molecule has 4 amide bonds. The molecule has 12 nitrogen and oxygen atoms in total. The Bertz CT molecular complexity index is 1590. The molecular formula is C41H59N5O7S. The van der Waals surface area contributed by atoms with Gasteiger partial charge in [-0.2, -0.15) is 0 Å². The van der Waals surface area contributed by atoms with Gasteiger partial charge in [0.25, 0.3) is 11.8 Å². The maximum Gasteiger partial charge on any atom is 0.307 e. The summed E-state index contributed by atoms with van der Waals surface area (Å²) in [6.07, 6.45) is 1.77. The summed E-state index contributed by atoms with van der Waals surface area (Å²) in [5, 5.41) is 8.83. The van der Waals surface area contributed by atoms with Crippen LogP contribution in [0.5, 0.6) is 5.75 Å². The van der Waals surface area contributed by atoms with E-state index in [-0.39, 0.29) is 43.6 Å². The first-order valence-corrected chi connectivity index (χ1v) is 20.0. The predicted octanol–water partition coefficient (Wildman–Crippen LogP) is 4.30. The molecule has 54 heavy (non-hydrogen) atoms. The Kier molecular flexibility index (Phi) is 15.4. The lowest BCUT2D eigenvalue weighted by molar-refractivity contribution is -0.164. The molecule has 2 aliphatic heterocycles. The molecule has 0 radical (unpaired) electrons. The van der Waals surface area contributed by atoms with Crippen molar-refractivity contribution < 1.29 is 33.4 Å². The molecule has 0 spiro atoms. The maximum absolute atomic E-state index is 14.7. The first-order chi connectivity index (χ1) is 25.5. The predicted molar refractivity (Wildman–Crippen MR) is 211 cm³/mol. The summed E-state index contributed by atoms with van der Waals surface area (Å²) in [7, 11) is 0. The van der Waals surface area contributed by atoms with E-state index in [1.165, 1.54) is 23.1 Å². The van der Waals surface area contributed by atoms with Crippen LogP contribution in [-0.2, 0) is 35.1 Å². The average molecular weight is 766 g/mol. The molecule has 3 N–H and O–H groups in total. The van der Waals surface area contributed by atoms with Crippen molar-refractivity contribution in [1.29, 1.82) is 0 Å². The molecular weight excluding hydrogens is 707 g/mol. The number of benzene rings is 2. The number of hydrogen-bond donors (Lipinski definition) is 3. The topological polar surface area (TPSA) is 146 Å². The van der Waals surface area contributed by atoms with Crippen molar-refractivity contribution >= 4 is 41.4 Å². The number of thioether (sulfide) groups is 1. The van der Waals surface area contributed by atoms with Crippen LogP contribution in [0.3, 0.4) is 0 Å². The minimum absolute atomic E-state index is 0.123. The fourth-order valence-electron chi connectivity index (χ4n) is 6.87. The van der Waals surface area contributed by atoms with Gasteiger partial charge < -0.3 is 35.2 Å². The number of amides is 4. The fourth-order valence-corrected chi connectivity index (χ4v) is 8.01. The van der Waals surface area contributed by atoms with E-state index in [1.807, 2.05) is 97.0 Å². The lowest BCUT2D eigenvalue weighted by Crippen LogP contribution is -2.61. The summed E-state index contributed by atoms with van der Waals surface area (Å²) in [6, 6.07) is 13.0. The normalized spacial score (nSPS) is 18.3. The van der Waals surface area contributed by atoms with E-state index < -0.39 is 46.3 Å². The lowest BCUT2D eigenvalue weighted by Gasteiger charge is -2.36. The van der Waals surface area contributed by atoms with Gasteiger partial charge in [0.15, 0.2) is 6.61 Å². The van der Waals surface area contributed by atoms with Crippen molar-refractivity contribution in [3.05, 3.63) is 65.2 Å². The molecule has 2 aliphatic rings. The molecule has 2 aromatic carbocycles. The number of esters is 1. The van der Waals surface area contributed by atoms with Crippen molar-refractivity contribution in [2.45, 2.75) is 115 Å². The maximum atomic E-state index is 14.7. The minimum Gasteiger partial charge on any atom is -0.483 e. The van der Waals surface area contributed by atoms with Crippen LogP contribution < -0.4 is 20.7 Å². The van der Waals surface area contributed by atoms with Crippen LogP contribution in [0.4, 0.5) is 0 Å². The third-order valence-electron chi connectivity index (χ3n) is 9.60. The molecule has 0 unspecified atom stereocenters. The van der Waals surface area contributed by atoms with Crippen LogP contribution >= 0.6 is 11.8 Å². The van der Waals surface area contributed by atoms with Gasteiger partial charge in [0, 0.05) is 29.8 Å². The van der Waals surface area contributed by atoms with Gasteiger partial charge in [0.1, 0.15) is 11.8 Å². The van der Waals surface area contributed by atoms with Gasteiger partial charge >= 0.3 is 5.97 Å². The standard InChI is InChI=1S/C41H59N5O7S/c1-28-15-14-16-29(2)35(28)52-26-33(48)43-31(25-30-17-10-8-11-18-30)36(39(51)46-27-54-41(6,7)37(46)38(50)44-40(3,4)5)53-34(49)20-19-32(47)42-21-24-45-22-12-9-13-23-45/h8,10-11,14-18,31,36-37H,9,12-13,19-27H2,1-7H3,(H,42,47)(H,43,48)(H,44,50)/t31-,36-,37+/m0/s1. The van der Waals surface area contributed by atoms with Crippen LogP contribution in [0, 0.1) is 13.8 Å². The number of para-hydroxylation sites is 1. The molecule has 0 aliphatic carbocycles. The first-order valence-electron chi connectivity index (χ1n) is 19.0. The molecule has 13 heteroatoms. The zero-order valence-electron chi connectivity index (χ0n) is 33.0. The number of rotatable bonds is 16. The van der Waals surface area contributed by atoms with Crippen molar-refractivity contribution in [2.24, 2.45) is 0 Å². The van der Waals surface area contributed by atoms with Gasteiger partial charge in [-0.1, -0.05) is 55.0 Å². The van der Waals surface area contributed by atoms with Crippen LogP contribution in [-0.4, -0.2) is 107 Å². The van der Waals surface area contributed by atoms with E-state index in [0.29, 0.717) is 12.3 Å². The summed E-state index contributed by atoms with van der Waals surface area (Å²) in [6.45, 7) is 16.1. The summed E-state index contributed by atoms with van der Waals surface area (Å²) in [5.41, 5.74) is 1.97. The van der Waals surface area contributed by atoms with E-state index in [4.69, 9.17) is 9.47 Å². The highest BCUT2D eigenvalue weighted by molar-refractivity contribution is 8.00. The number of carbonyl (C=O) groups excluding carboxylic acids is 5. The SMILES string of the molecule is Cc1cccc(C)c1OCC(=O)N[C@@H](Cc1ccccc1)[C@H](OC(=O)CCC(=O)NCCN1CCCCC1)C(=O)N1CSC(C)(C)[C@H]1C(=O)NC(C)(C)C. The molecule has 296 valence electrons. The first kappa shape index (κ1) is 42.6. The van der Waals surface area contributed by atoms with Gasteiger partial charge in [0.2, 0.25) is 17.9 Å². The lowest BCUT2D eigenvalue weighted by atomic mass is 9.96. The Hall–Kier alpha value is -4.10. The van der Waals surface area contributed by atoms with Crippen LogP contribution in [0.25, 0.3) is 0 Å². The van der Waals surface area contributed by atoms with Crippen molar-refractivity contribution in [3.63, 3.8) is 0 Å². The van der Waals surface area contributed by atoms with Gasteiger partial charge in [-0.05, 0) is 97.5 Å². The molecule has 3 atom stereocenters. The number of ether oxygens (including phenoxy) is 2. The number of likely N-dealkylation sites (tertiary alicyclic amines) is 1. The van der Waals surface area contributed by atoms with Gasteiger partial charge in [-0.15, -0.1) is 11.8 Å². The highest BCUT2D eigenvalue weighted by Gasteiger charge is 2.51. The Morgan fingerprint density at radius 3 is 2.22 bits per heavy atom. The highest BCUT2D eigenvalue weighted by atomic mass is 32.2. The average Bonchev–Trinajstić information content (AvgIpc) is 3.44. The van der Waals surface area contributed by atoms with E-state index in [1.54, 1.807) is 0 Å². The number of piperidine rings is 1. The summed E-state index contributed by atoms with van der Waals surface area (Å²) in [5.74, 6) is -1.76. The monoisotopic (exact) mass is 765 g/mol. The van der Waals surface area contributed by atoms with Crippen LogP contribution in [0.1, 0.15) is 83.4 Å². The molecule has 2 aromatic rings. The van der Waals surface area contributed by atoms with E-state index in [9.17, 15) is 24.0 Å². The number of nitrogens with zero attached hydrogens (tertiary/aromatic N) is 2.